The Morgan fingerprint density at radius 2 is 1.50 bits per heavy atom. The lowest BCUT2D eigenvalue weighted by molar-refractivity contribution is -0.180. The second-order valence-corrected chi connectivity index (χ2v) is 10.6. The molecule has 0 aromatic heterocycles. The maximum atomic E-state index is 14.4. The minimum atomic E-state index is -2.28. The van der Waals surface area contributed by atoms with Crippen LogP contribution in [0.2, 0.25) is 0 Å². The Bertz CT molecular complexity index is 1230. The number of aliphatic hydroxyl groups excluding tert-OH is 1. The van der Waals surface area contributed by atoms with Crippen LogP contribution in [0.3, 0.4) is 0 Å². The quantitative estimate of drug-likeness (QED) is 0.174. The lowest BCUT2D eigenvalue weighted by Gasteiger charge is -2.48. The van der Waals surface area contributed by atoms with Gasteiger partial charge >= 0.3 is 5.97 Å². The summed E-state index contributed by atoms with van der Waals surface area (Å²) < 4.78 is 5.74. The van der Waals surface area contributed by atoms with Gasteiger partial charge in [0.25, 0.3) is 0 Å². The van der Waals surface area contributed by atoms with Crippen LogP contribution in [-0.4, -0.2) is 55.4 Å². The van der Waals surface area contributed by atoms with E-state index in [1.165, 1.54) is 45.9 Å². The average molecular weight is 497 g/mol. The molecule has 8 nitrogen and oxygen atoms in total. The maximum absolute atomic E-state index is 14.4. The number of carbonyl (C=O) groups is 4. The van der Waals surface area contributed by atoms with Gasteiger partial charge < -0.3 is 20.1 Å². The van der Waals surface area contributed by atoms with Gasteiger partial charge in [-0.3, -0.25) is 19.2 Å². The first-order valence-corrected chi connectivity index (χ1v) is 12.0. The van der Waals surface area contributed by atoms with E-state index in [0.717, 1.165) is 6.08 Å². The fraction of sp³-hybridized carbons (Fsp3) is 0.500. The molecule has 192 valence electrons. The van der Waals surface area contributed by atoms with Crippen molar-refractivity contribution in [1.82, 2.24) is 0 Å². The summed E-state index contributed by atoms with van der Waals surface area (Å²) in [7, 11) is 0. The number of rotatable bonds is 5. The molecular weight excluding hydrogens is 464 g/mol. The van der Waals surface area contributed by atoms with Crippen LogP contribution in [0.4, 0.5) is 0 Å². The molecule has 4 rings (SSSR count). The Morgan fingerprint density at radius 3 is 2.06 bits per heavy atom. The second-order valence-electron chi connectivity index (χ2n) is 10.6. The fourth-order valence-corrected chi connectivity index (χ4v) is 7.76. The zero-order valence-electron chi connectivity index (χ0n) is 21.2. The van der Waals surface area contributed by atoms with Gasteiger partial charge in [-0.2, -0.15) is 0 Å². The van der Waals surface area contributed by atoms with E-state index in [9.17, 15) is 34.5 Å². The highest BCUT2D eigenvalue weighted by molar-refractivity contribution is 6.26. The largest absolute Gasteiger partial charge is 0.508 e. The molecular formula is C28H32O8. The van der Waals surface area contributed by atoms with Crippen LogP contribution in [0.25, 0.3) is 0 Å². The Hall–Kier alpha value is -3.10. The van der Waals surface area contributed by atoms with Crippen LogP contribution in [0, 0.1) is 28.6 Å². The molecule has 4 aliphatic rings. The van der Waals surface area contributed by atoms with Crippen LogP contribution in [0.15, 0.2) is 59.9 Å². The molecule has 0 spiro atoms. The number of esters is 1. The van der Waals surface area contributed by atoms with E-state index in [-0.39, 0.29) is 5.57 Å². The number of ether oxygens (including phenoxy) is 1. The molecule has 0 aromatic carbocycles. The van der Waals surface area contributed by atoms with Crippen molar-refractivity contribution in [3.8, 4) is 0 Å². The molecule has 8 heteroatoms. The fourth-order valence-electron chi connectivity index (χ4n) is 7.76. The van der Waals surface area contributed by atoms with E-state index in [4.69, 9.17) is 4.74 Å². The Kier molecular flexibility index (Phi) is 5.56. The highest BCUT2D eigenvalue weighted by Gasteiger charge is 2.97. The summed E-state index contributed by atoms with van der Waals surface area (Å²) in [6.45, 7) is 8.79. The Morgan fingerprint density at radius 1 is 0.944 bits per heavy atom. The normalized spacial score (nSPS) is 47.1. The minimum Gasteiger partial charge on any atom is -0.508 e. The zero-order valence-corrected chi connectivity index (χ0v) is 21.2. The van der Waals surface area contributed by atoms with E-state index >= 15 is 0 Å². The van der Waals surface area contributed by atoms with Crippen LogP contribution in [-0.2, 0) is 23.9 Å². The molecule has 8 atom stereocenters. The molecule has 0 aromatic rings. The van der Waals surface area contributed by atoms with Crippen molar-refractivity contribution in [3.05, 3.63) is 59.9 Å². The number of Topliss-reactive ketones (excluding diaryl/α,β-unsaturated/α-hetero) is 2. The first kappa shape index (κ1) is 26.0. The van der Waals surface area contributed by atoms with Gasteiger partial charge in [-0.1, -0.05) is 36.5 Å². The van der Waals surface area contributed by atoms with Crippen molar-refractivity contribution in [2.75, 3.05) is 0 Å². The third kappa shape index (κ3) is 2.42. The summed E-state index contributed by atoms with van der Waals surface area (Å²) >= 11 is 0. The third-order valence-electron chi connectivity index (χ3n) is 9.20. The summed E-state index contributed by atoms with van der Waals surface area (Å²) in [6, 6.07) is 0. The molecule has 0 radical (unpaired) electrons. The summed E-state index contributed by atoms with van der Waals surface area (Å²) in [4.78, 5) is 55.4. The van der Waals surface area contributed by atoms with Crippen molar-refractivity contribution in [2.45, 2.75) is 58.3 Å². The predicted octanol–water partition coefficient (Wildman–Crippen LogP) is 2.47. The van der Waals surface area contributed by atoms with Crippen LogP contribution in [0.1, 0.15) is 41.5 Å². The molecule has 0 amide bonds. The number of hydrogen-bond acceptors (Lipinski definition) is 8. The standard InChI is InChI=1S/C28H32O8/c1-7-9-11-13-16(29)18-19-20-26(6)28(35,15(3)22(32)36-26)25(5,21(18)31)27(20,23(33)24(19,4)34)17(30)14-12-10-8-2/h7-15,19-20,29,34-35H,1-6H3/b9-7+,10-8+,13-11+,14-12+,18-16-/t15-,19?,20?,24-,25?,26-,27?,28?/m0/s1. The van der Waals surface area contributed by atoms with Gasteiger partial charge in [-0.15, -0.1) is 0 Å². The van der Waals surface area contributed by atoms with Crippen LogP contribution < -0.4 is 0 Å². The van der Waals surface area contributed by atoms with Gasteiger partial charge in [0.05, 0.1) is 11.3 Å². The highest BCUT2D eigenvalue weighted by atomic mass is 16.6. The second kappa shape index (κ2) is 7.70. The SMILES string of the molecule is C/C=C/C=C/C(=O)C12C(=O)[C@@](C)(O)C3\C(=C(O)/C=C/C=C/C)C(=O)C1(C)C1(O)[C@@H](C)C(=O)O[C@@]1(C)C32. The van der Waals surface area contributed by atoms with Gasteiger partial charge in [0.15, 0.2) is 17.3 Å². The van der Waals surface area contributed by atoms with Crippen molar-refractivity contribution < 1.29 is 39.2 Å². The Balaban J connectivity index is 2.17. The van der Waals surface area contributed by atoms with Gasteiger partial charge in [-0.25, -0.2) is 0 Å². The van der Waals surface area contributed by atoms with E-state index in [2.05, 4.69) is 0 Å². The summed E-state index contributed by atoms with van der Waals surface area (Å²) in [6.07, 6.45) is 11.9. The van der Waals surface area contributed by atoms with Gasteiger partial charge in [-0.05, 0) is 53.7 Å². The first-order chi connectivity index (χ1) is 16.7. The van der Waals surface area contributed by atoms with Crippen LogP contribution >= 0.6 is 0 Å². The van der Waals surface area contributed by atoms with E-state index < -0.39 is 74.5 Å². The number of fused-ring (bicyclic) bond motifs is 2. The molecule has 1 heterocycles. The van der Waals surface area contributed by atoms with E-state index in [0.29, 0.717) is 0 Å². The van der Waals surface area contributed by atoms with Crippen molar-refractivity contribution in [2.24, 2.45) is 28.6 Å². The summed E-state index contributed by atoms with van der Waals surface area (Å²) in [5.74, 6) is -7.85. The molecule has 3 N–H and O–H groups in total. The zero-order chi connectivity index (χ0) is 27.1. The molecule has 4 bridgehead atoms. The highest BCUT2D eigenvalue weighted by Crippen LogP contribution is 2.81. The number of allylic oxidation sites excluding steroid dienone is 8. The molecule has 1 aliphatic heterocycles. The lowest BCUT2D eigenvalue weighted by Crippen LogP contribution is -2.65. The smallest absolute Gasteiger partial charge is 0.312 e. The number of aliphatic hydroxyl groups is 3. The summed E-state index contributed by atoms with van der Waals surface area (Å²) in [5, 5.41) is 35.0. The van der Waals surface area contributed by atoms with Gasteiger partial charge in [0, 0.05) is 17.4 Å². The van der Waals surface area contributed by atoms with Crippen molar-refractivity contribution in [1.29, 1.82) is 0 Å². The molecule has 1 saturated heterocycles. The van der Waals surface area contributed by atoms with E-state index in [1.54, 1.807) is 38.2 Å². The van der Waals surface area contributed by atoms with Gasteiger partial charge in [0.1, 0.15) is 28.0 Å². The molecule has 5 unspecified atom stereocenters. The number of hydrogen-bond donors (Lipinski definition) is 3. The predicted molar refractivity (Wildman–Crippen MR) is 129 cm³/mol. The average Bonchev–Trinajstić information content (AvgIpc) is 3.15. The lowest BCUT2D eigenvalue weighted by atomic mass is 9.50. The number of ketones is 3. The van der Waals surface area contributed by atoms with Crippen molar-refractivity contribution >= 4 is 23.3 Å². The van der Waals surface area contributed by atoms with E-state index in [1.807, 2.05) is 0 Å². The minimum absolute atomic E-state index is 0.271. The molecule has 3 aliphatic carbocycles. The topological polar surface area (TPSA) is 138 Å². The first-order valence-electron chi connectivity index (χ1n) is 12.0. The number of carbonyl (C=O) groups excluding carboxylic acids is 4. The summed E-state index contributed by atoms with van der Waals surface area (Å²) in [5.41, 5.74) is -11.2. The monoisotopic (exact) mass is 496 g/mol. The molecule has 4 fully saturated rings. The third-order valence-corrected chi connectivity index (χ3v) is 9.20. The Labute approximate surface area is 209 Å². The maximum Gasteiger partial charge on any atom is 0.312 e. The molecule has 3 saturated carbocycles. The van der Waals surface area contributed by atoms with Gasteiger partial charge in [0.2, 0.25) is 0 Å². The molecule has 36 heavy (non-hydrogen) atoms. The van der Waals surface area contributed by atoms with Crippen molar-refractivity contribution in [3.63, 3.8) is 0 Å². The van der Waals surface area contributed by atoms with Crippen LogP contribution in [0.5, 0.6) is 0 Å².